The molecular weight excluding hydrogens is 528 g/mol. The van der Waals surface area contributed by atoms with E-state index in [2.05, 4.69) is 170 Å². The molecule has 10 rings (SSSR count). The number of hydrogen-bond donors (Lipinski definition) is 0. The third-order valence-electron chi connectivity index (χ3n) is 9.09. The zero-order valence-electron chi connectivity index (χ0n) is 24.2. The predicted molar refractivity (Wildman–Crippen MR) is 193 cm³/mol. The molecule has 0 aliphatic rings. The molecule has 0 aliphatic heterocycles. The minimum Gasteiger partial charge on any atom is -0.0616 e. The van der Waals surface area contributed by atoms with E-state index in [1.54, 1.807) is 0 Å². The van der Waals surface area contributed by atoms with Gasteiger partial charge in [-0.1, -0.05) is 109 Å². The van der Waals surface area contributed by atoms with Crippen molar-refractivity contribution in [2.45, 2.75) is 0 Å². The van der Waals surface area contributed by atoms with E-state index in [0.29, 0.717) is 0 Å². The lowest BCUT2D eigenvalue weighted by atomic mass is 9.93. The second kappa shape index (κ2) is 9.93. The molecule has 44 heavy (non-hydrogen) atoms. The third-order valence-corrected chi connectivity index (χ3v) is 9.09. The van der Waals surface area contributed by atoms with Gasteiger partial charge >= 0.3 is 0 Å². The number of benzene rings is 10. The van der Waals surface area contributed by atoms with Gasteiger partial charge < -0.3 is 0 Å². The van der Waals surface area contributed by atoms with Crippen molar-refractivity contribution in [3.8, 4) is 0 Å². The van der Waals surface area contributed by atoms with Crippen molar-refractivity contribution in [1.29, 1.82) is 0 Å². The minimum atomic E-state index is 1.29. The summed E-state index contributed by atoms with van der Waals surface area (Å²) in [5.74, 6) is 0. The highest BCUT2D eigenvalue weighted by atomic mass is 14.1. The lowest BCUT2D eigenvalue weighted by molar-refractivity contribution is 1.75. The van der Waals surface area contributed by atoms with E-state index >= 15 is 0 Å². The maximum Gasteiger partial charge on any atom is -0.00988 e. The average Bonchev–Trinajstić information content (AvgIpc) is 3.07. The molecular formula is C44H28. The van der Waals surface area contributed by atoms with Crippen LogP contribution in [0.15, 0.2) is 170 Å². The summed E-state index contributed by atoms with van der Waals surface area (Å²) in [6.45, 7) is 0. The summed E-state index contributed by atoms with van der Waals surface area (Å²) < 4.78 is 0. The SMILES string of the molecule is c1ccc2cc3cc4cc5c(ccc6cc7cc8ccccc8cc7cc65)cc4cc3cc2c1.c1ccc2ccccc2c1. The van der Waals surface area contributed by atoms with Crippen LogP contribution in [0.5, 0.6) is 0 Å². The van der Waals surface area contributed by atoms with Crippen LogP contribution in [-0.4, -0.2) is 0 Å². The molecule has 0 heteroatoms. The van der Waals surface area contributed by atoms with E-state index in [1.807, 2.05) is 0 Å². The molecule has 0 atom stereocenters. The van der Waals surface area contributed by atoms with Crippen molar-refractivity contribution in [1.82, 2.24) is 0 Å². The van der Waals surface area contributed by atoms with Crippen molar-refractivity contribution < 1.29 is 0 Å². The Balaban J connectivity index is 0.000000230. The van der Waals surface area contributed by atoms with Gasteiger partial charge in [0.05, 0.1) is 0 Å². The van der Waals surface area contributed by atoms with Crippen LogP contribution in [-0.2, 0) is 0 Å². The molecule has 0 saturated heterocycles. The first kappa shape index (κ1) is 24.8. The highest BCUT2D eigenvalue weighted by Crippen LogP contribution is 2.35. The first-order valence-corrected chi connectivity index (χ1v) is 15.2. The van der Waals surface area contributed by atoms with Gasteiger partial charge in [0.1, 0.15) is 0 Å². The maximum atomic E-state index is 2.38. The highest BCUT2D eigenvalue weighted by molar-refractivity contribution is 6.17. The number of fused-ring (bicyclic) bond motifs is 9. The Morgan fingerprint density at radius 3 is 0.705 bits per heavy atom. The van der Waals surface area contributed by atoms with Gasteiger partial charge in [-0.15, -0.1) is 0 Å². The van der Waals surface area contributed by atoms with Crippen LogP contribution >= 0.6 is 0 Å². The van der Waals surface area contributed by atoms with Crippen molar-refractivity contribution in [3.63, 3.8) is 0 Å². The van der Waals surface area contributed by atoms with Crippen LogP contribution in [0.3, 0.4) is 0 Å². The molecule has 204 valence electrons. The summed E-state index contributed by atoms with van der Waals surface area (Å²) in [4.78, 5) is 0. The van der Waals surface area contributed by atoms with Crippen LogP contribution < -0.4 is 0 Å². The summed E-state index contributed by atoms with van der Waals surface area (Å²) >= 11 is 0. The molecule has 10 aromatic rings. The lowest BCUT2D eigenvalue weighted by Gasteiger charge is -2.10. The van der Waals surface area contributed by atoms with Crippen LogP contribution in [0.1, 0.15) is 0 Å². The standard InChI is InChI=1S/C34H20.C10H8/c1-2-7-23-13-29-18-32-20-34-26(16-30(32)17-28(29)12-22(23)6-1)10-9-25-15-27-11-21-5-3-4-8-24(21)14-31(27)19-33(25)34;1-2-6-10-8-4-3-7-9(10)5-1/h1-20H;1-8H. The maximum absolute atomic E-state index is 2.38. The van der Waals surface area contributed by atoms with Gasteiger partial charge in [0.15, 0.2) is 0 Å². The molecule has 0 unspecified atom stereocenters. The summed E-state index contributed by atoms with van der Waals surface area (Å²) in [5.41, 5.74) is 0. The number of rotatable bonds is 0. The molecule has 0 fully saturated rings. The Morgan fingerprint density at radius 2 is 0.386 bits per heavy atom. The van der Waals surface area contributed by atoms with Crippen LogP contribution in [0.2, 0.25) is 0 Å². The van der Waals surface area contributed by atoms with Gasteiger partial charge in [0.2, 0.25) is 0 Å². The molecule has 0 amide bonds. The molecule has 0 spiro atoms. The van der Waals surface area contributed by atoms with Crippen molar-refractivity contribution in [2.24, 2.45) is 0 Å². The zero-order chi connectivity index (χ0) is 29.0. The van der Waals surface area contributed by atoms with Crippen LogP contribution in [0.25, 0.3) is 86.2 Å². The summed E-state index contributed by atoms with van der Waals surface area (Å²) in [6.07, 6.45) is 0. The van der Waals surface area contributed by atoms with E-state index in [1.165, 1.54) is 86.2 Å². The first-order chi connectivity index (χ1) is 21.7. The van der Waals surface area contributed by atoms with Gasteiger partial charge in [-0.2, -0.15) is 0 Å². The molecule has 0 saturated carbocycles. The van der Waals surface area contributed by atoms with Gasteiger partial charge in [0, 0.05) is 0 Å². The van der Waals surface area contributed by atoms with E-state index in [0.717, 1.165) is 0 Å². The Kier molecular flexibility index (Phi) is 5.61. The normalized spacial score (nSPS) is 11.6. The Bertz CT molecular complexity index is 2620. The Hall–Kier alpha value is -5.72. The fourth-order valence-corrected chi connectivity index (χ4v) is 6.83. The Morgan fingerprint density at radius 1 is 0.159 bits per heavy atom. The highest BCUT2D eigenvalue weighted by Gasteiger charge is 2.08. The minimum absolute atomic E-state index is 1.29. The van der Waals surface area contributed by atoms with Crippen LogP contribution in [0, 0.1) is 0 Å². The van der Waals surface area contributed by atoms with Gasteiger partial charge in [-0.05, 0) is 147 Å². The molecule has 0 N–H and O–H groups in total. The summed E-state index contributed by atoms with van der Waals surface area (Å²) in [5, 5.41) is 20.8. The van der Waals surface area contributed by atoms with Crippen LogP contribution in [0.4, 0.5) is 0 Å². The lowest BCUT2D eigenvalue weighted by Crippen LogP contribution is -1.83. The molecule has 0 heterocycles. The van der Waals surface area contributed by atoms with E-state index < -0.39 is 0 Å². The molecule has 0 bridgehead atoms. The van der Waals surface area contributed by atoms with Crippen molar-refractivity contribution >= 4 is 86.2 Å². The molecule has 0 aromatic heterocycles. The smallest absolute Gasteiger partial charge is 0.00988 e. The fourth-order valence-electron chi connectivity index (χ4n) is 6.83. The van der Waals surface area contributed by atoms with E-state index in [9.17, 15) is 0 Å². The number of hydrogen-bond acceptors (Lipinski definition) is 0. The molecule has 10 aromatic carbocycles. The second-order valence-electron chi connectivity index (χ2n) is 11.9. The van der Waals surface area contributed by atoms with Crippen molar-refractivity contribution in [2.75, 3.05) is 0 Å². The average molecular weight is 557 g/mol. The van der Waals surface area contributed by atoms with E-state index in [4.69, 9.17) is 0 Å². The zero-order valence-corrected chi connectivity index (χ0v) is 24.2. The third kappa shape index (κ3) is 4.23. The fraction of sp³-hybridized carbons (Fsp3) is 0. The van der Waals surface area contributed by atoms with Gasteiger partial charge in [-0.25, -0.2) is 0 Å². The van der Waals surface area contributed by atoms with Gasteiger partial charge in [-0.3, -0.25) is 0 Å². The summed E-state index contributed by atoms with van der Waals surface area (Å²) in [6, 6.07) is 61.9. The Labute approximate surface area is 255 Å². The topological polar surface area (TPSA) is 0 Å². The largest absolute Gasteiger partial charge is 0.0616 e. The quantitative estimate of drug-likeness (QED) is 0.129. The summed E-state index contributed by atoms with van der Waals surface area (Å²) in [7, 11) is 0. The van der Waals surface area contributed by atoms with Gasteiger partial charge in [0.25, 0.3) is 0 Å². The predicted octanol–water partition coefficient (Wildman–Crippen LogP) is 12.6. The molecule has 0 aliphatic carbocycles. The molecule has 0 radical (unpaired) electrons. The molecule has 0 nitrogen and oxygen atoms in total. The first-order valence-electron chi connectivity index (χ1n) is 15.2. The monoisotopic (exact) mass is 556 g/mol. The van der Waals surface area contributed by atoms with Crippen molar-refractivity contribution in [3.05, 3.63) is 170 Å². The second-order valence-corrected chi connectivity index (χ2v) is 11.9. The van der Waals surface area contributed by atoms with E-state index in [-0.39, 0.29) is 0 Å².